The average Bonchev–Trinajstić information content (AvgIpc) is 2.78. The number of thiazole rings is 1. The molecule has 0 radical (unpaired) electrons. The van der Waals surface area contributed by atoms with E-state index in [4.69, 9.17) is 9.47 Å². The van der Waals surface area contributed by atoms with Crippen LogP contribution in [0.2, 0.25) is 0 Å². The third kappa shape index (κ3) is 2.97. The maximum absolute atomic E-state index is 5.59. The van der Waals surface area contributed by atoms with Crippen molar-refractivity contribution >= 4 is 11.3 Å². The molecule has 1 aromatic carbocycles. The summed E-state index contributed by atoms with van der Waals surface area (Å²) >= 11 is 1.49. The van der Waals surface area contributed by atoms with E-state index in [-0.39, 0.29) is 6.10 Å². The molecule has 0 saturated heterocycles. The van der Waals surface area contributed by atoms with Gasteiger partial charge >= 0.3 is 0 Å². The van der Waals surface area contributed by atoms with E-state index < -0.39 is 0 Å². The Hall–Kier alpha value is -1.55. The summed E-state index contributed by atoms with van der Waals surface area (Å²) in [6, 6.07) is 7.93. The highest BCUT2D eigenvalue weighted by Crippen LogP contribution is 2.27. The van der Waals surface area contributed by atoms with Crippen molar-refractivity contribution in [1.82, 2.24) is 4.98 Å². The van der Waals surface area contributed by atoms with Crippen molar-refractivity contribution in [2.24, 2.45) is 0 Å². The molecule has 90 valence electrons. The highest BCUT2D eigenvalue weighted by molar-refractivity contribution is 7.11. The van der Waals surface area contributed by atoms with Crippen molar-refractivity contribution in [3.8, 4) is 22.2 Å². The van der Waals surface area contributed by atoms with Gasteiger partial charge in [0.2, 0.25) is 0 Å². The predicted molar refractivity (Wildman–Crippen MR) is 69.9 cm³/mol. The molecule has 0 aliphatic heterocycles. The zero-order valence-electron chi connectivity index (χ0n) is 10.1. The van der Waals surface area contributed by atoms with Gasteiger partial charge in [0.05, 0.1) is 18.9 Å². The van der Waals surface area contributed by atoms with Gasteiger partial charge in [0.1, 0.15) is 5.75 Å². The van der Waals surface area contributed by atoms with E-state index in [1.54, 1.807) is 7.11 Å². The molecule has 2 aromatic rings. The molecule has 0 bridgehead atoms. The first-order chi connectivity index (χ1) is 8.19. The van der Waals surface area contributed by atoms with Gasteiger partial charge in [0.25, 0.3) is 5.19 Å². The van der Waals surface area contributed by atoms with E-state index in [2.05, 4.69) is 4.98 Å². The van der Waals surface area contributed by atoms with Crippen LogP contribution in [-0.4, -0.2) is 18.2 Å². The SMILES string of the molecule is COc1nc(-c2ccc(OC(C)C)cc2)cs1. The minimum atomic E-state index is 0.195. The Morgan fingerprint density at radius 1 is 1.18 bits per heavy atom. The number of benzene rings is 1. The van der Waals surface area contributed by atoms with Crippen molar-refractivity contribution in [2.75, 3.05) is 7.11 Å². The van der Waals surface area contributed by atoms with Crippen molar-refractivity contribution < 1.29 is 9.47 Å². The number of rotatable bonds is 4. The van der Waals surface area contributed by atoms with Crippen LogP contribution in [0.15, 0.2) is 29.6 Å². The van der Waals surface area contributed by atoms with Gasteiger partial charge in [-0.3, -0.25) is 0 Å². The summed E-state index contributed by atoms with van der Waals surface area (Å²) in [6.45, 7) is 4.03. The summed E-state index contributed by atoms with van der Waals surface area (Å²) in [4.78, 5) is 4.35. The van der Waals surface area contributed by atoms with E-state index in [0.29, 0.717) is 5.19 Å². The average molecular weight is 249 g/mol. The van der Waals surface area contributed by atoms with Gasteiger partial charge in [-0.15, -0.1) is 0 Å². The van der Waals surface area contributed by atoms with E-state index in [9.17, 15) is 0 Å². The molecule has 0 amide bonds. The van der Waals surface area contributed by atoms with E-state index in [1.165, 1.54) is 11.3 Å². The summed E-state index contributed by atoms with van der Waals surface area (Å²) < 4.78 is 10.7. The van der Waals surface area contributed by atoms with Crippen molar-refractivity contribution in [1.29, 1.82) is 0 Å². The zero-order chi connectivity index (χ0) is 12.3. The Balaban J connectivity index is 2.17. The second-order valence-corrected chi connectivity index (χ2v) is 4.71. The van der Waals surface area contributed by atoms with Crippen LogP contribution in [0.5, 0.6) is 10.9 Å². The fourth-order valence-corrected chi connectivity index (χ4v) is 2.11. The lowest BCUT2D eigenvalue weighted by Crippen LogP contribution is -2.05. The first kappa shape index (κ1) is 11.9. The standard InChI is InChI=1S/C13H15NO2S/c1-9(2)16-11-6-4-10(5-7-11)12-8-17-13(14-12)15-3/h4-9H,1-3H3. The number of ether oxygens (including phenoxy) is 2. The Labute approximate surface area is 105 Å². The normalized spacial score (nSPS) is 10.6. The second kappa shape index (κ2) is 5.19. The summed E-state index contributed by atoms with van der Waals surface area (Å²) in [7, 11) is 1.63. The molecule has 0 N–H and O–H groups in total. The quantitative estimate of drug-likeness (QED) is 0.829. The molecule has 1 aromatic heterocycles. The fraction of sp³-hybridized carbons (Fsp3) is 0.308. The topological polar surface area (TPSA) is 31.4 Å². The summed E-state index contributed by atoms with van der Waals surface area (Å²) in [5, 5.41) is 2.67. The van der Waals surface area contributed by atoms with Gasteiger partial charge in [-0.1, -0.05) is 11.3 Å². The molecule has 0 saturated carbocycles. The Bertz CT molecular complexity index is 476. The molecule has 0 fully saturated rings. The van der Waals surface area contributed by atoms with Crippen LogP contribution in [0.1, 0.15) is 13.8 Å². The van der Waals surface area contributed by atoms with Crippen LogP contribution >= 0.6 is 11.3 Å². The summed E-state index contributed by atoms with van der Waals surface area (Å²) in [6.07, 6.45) is 0.195. The molecule has 0 spiro atoms. The molecule has 2 rings (SSSR count). The first-order valence-corrected chi connectivity index (χ1v) is 6.33. The molecule has 17 heavy (non-hydrogen) atoms. The molecule has 0 aliphatic carbocycles. The van der Waals surface area contributed by atoms with Crippen LogP contribution in [-0.2, 0) is 0 Å². The van der Waals surface area contributed by atoms with E-state index in [1.807, 2.05) is 43.5 Å². The van der Waals surface area contributed by atoms with Crippen LogP contribution in [0.4, 0.5) is 0 Å². The maximum Gasteiger partial charge on any atom is 0.273 e. The predicted octanol–water partition coefficient (Wildman–Crippen LogP) is 3.61. The maximum atomic E-state index is 5.59. The number of hydrogen-bond donors (Lipinski definition) is 0. The van der Waals surface area contributed by atoms with Crippen molar-refractivity contribution in [3.63, 3.8) is 0 Å². The minimum absolute atomic E-state index is 0.195. The minimum Gasteiger partial charge on any atom is -0.491 e. The van der Waals surface area contributed by atoms with Crippen molar-refractivity contribution in [3.05, 3.63) is 29.6 Å². The third-order valence-corrected chi connectivity index (χ3v) is 2.98. The fourth-order valence-electron chi connectivity index (χ4n) is 1.46. The van der Waals surface area contributed by atoms with Gasteiger partial charge in [-0.25, -0.2) is 4.98 Å². The molecule has 1 heterocycles. The number of hydrogen-bond acceptors (Lipinski definition) is 4. The lowest BCUT2D eigenvalue weighted by molar-refractivity contribution is 0.242. The number of methoxy groups -OCH3 is 1. The van der Waals surface area contributed by atoms with Gasteiger partial charge < -0.3 is 9.47 Å². The lowest BCUT2D eigenvalue weighted by atomic mass is 10.2. The van der Waals surface area contributed by atoms with Crippen LogP contribution in [0.3, 0.4) is 0 Å². The highest BCUT2D eigenvalue weighted by atomic mass is 32.1. The highest BCUT2D eigenvalue weighted by Gasteiger charge is 2.05. The van der Waals surface area contributed by atoms with Gasteiger partial charge in [-0.05, 0) is 38.1 Å². The monoisotopic (exact) mass is 249 g/mol. The third-order valence-electron chi connectivity index (χ3n) is 2.18. The molecular formula is C13H15NO2S. The Kier molecular flexibility index (Phi) is 3.64. The van der Waals surface area contributed by atoms with Gasteiger partial charge in [0.15, 0.2) is 0 Å². The largest absolute Gasteiger partial charge is 0.491 e. The Morgan fingerprint density at radius 3 is 2.41 bits per heavy atom. The smallest absolute Gasteiger partial charge is 0.273 e. The van der Waals surface area contributed by atoms with Crippen LogP contribution < -0.4 is 9.47 Å². The number of nitrogens with zero attached hydrogens (tertiary/aromatic N) is 1. The second-order valence-electron chi connectivity index (χ2n) is 3.89. The first-order valence-electron chi connectivity index (χ1n) is 5.45. The van der Waals surface area contributed by atoms with Gasteiger partial charge in [-0.2, -0.15) is 0 Å². The molecule has 0 aliphatic rings. The molecule has 0 atom stereocenters. The van der Waals surface area contributed by atoms with E-state index >= 15 is 0 Å². The molecule has 4 heteroatoms. The van der Waals surface area contributed by atoms with Crippen molar-refractivity contribution in [2.45, 2.75) is 20.0 Å². The summed E-state index contributed by atoms with van der Waals surface area (Å²) in [5.74, 6) is 0.881. The van der Waals surface area contributed by atoms with Gasteiger partial charge in [0, 0.05) is 10.9 Å². The Morgan fingerprint density at radius 2 is 1.88 bits per heavy atom. The summed E-state index contributed by atoms with van der Waals surface area (Å²) in [5.41, 5.74) is 2.00. The van der Waals surface area contributed by atoms with Crippen LogP contribution in [0, 0.1) is 0 Å². The molecule has 0 unspecified atom stereocenters. The molecular weight excluding hydrogens is 234 g/mol. The number of aromatic nitrogens is 1. The lowest BCUT2D eigenvalue weighted by Gasteiger charge is -2.09. The zero-order valence-corrected chi connectivity index (χ0v) is 11.0. The van der Waals surface area contributed by atoms with Crippen LogP contribution in [0.25, 0.3) is 11.3 Å². The van der Waals surface area contributed by atoms with E-state index in [0.717, 1.165) is 17.0 Å². The molecule has 3 nitrogen and oxygen atoms in total.